The first-order valence-electron chi connectivity index (χ1n) is 10.1. The van der Waals surface area contributed by atoms with Crippen LogP contribution < -0.4 is 0 Å². The second-order valence-corrected chi connectivity index (χ2v) is 8.57. The molecule has 0 aliphatic carbocycles. The number of hydrogen-bond acceptors (Lipinski definition) is 3. The minimum absolute atomic E-state index is 0.788. The van der Waals surface area contributed by atoms with E-state index in [0.717, 1.165) is 24.3 Å². The molecule has 0 aliphatic heterocycles. The highest BCUT2D eigenvalue weighted by molar-refractivity contribution is 7.08. The van der Waals surface area contributed by atoms with Gasteiger partial charge in [-0.05, 0) is 82.8 Å². The van der Waals surface area contributed by atoms with Gasteiger partial charge in [0.15, 0.2) is 0 Å². The lowest BCUT2D eigenvalue weighted by atomic mass is 10.0. The number of imidazole rings is 1. The summed E-state index contributed by atoms with van der Waals surface area (Å²) in [6.07, 6.45) is 4.49. The second-order valence-electron chi connectivity index (χ2n) is 7.79. The summed E-state index contributed by atoms with van der Waals surface area (Å²) in [4.78, 5) is 9.18. The summed E-state index contributed by atoms with van der Waals surface area (Å²) in [6, 6.07) is 19.6. The van der Waals surface area contributed by atoms with Gasteiger partial charge < -0.3 is 4.57 Å². The summed E-state index contributed by atoms with van der Waals surface area (Å²) in [5.74, 6) is 1.08. The molecule has 0 spiro atoms. The predicted molar refractivity (Wildman–Crippen MR) is 125 cm³/mol. The van der Waals surface area contributed by atoms with E-state index < -0.39 is 0 Å². The van der Waals surface area contributed by atoms with Gasteiger partial charge in [-0.25, -0.2) is 4.98 Å². The maximum atomic E-state index is 5.02. The SMILES string of the molecule is Cc1ccc(C)c(Cn2c(Cc3ccncc3)nc3ccc(-c4ccsc4)cc32)c1. The zero-order valence-corrected chi connectivity index (χ0v) is 18.0. The van der Waals surface area contributed by atoms with Gasteiger partial charge in [-0.2, -0.15) is 11.3 Å². The van der Waals surface area contributed by atoms with E-state index in [1.54, 1.807) is 11.3 Å². The van der Waals surface area contributed by atoms with Crippen LogP contribution in [0.4, 0.5) is 0 Å². The minimum atomic E-state index is 0.788. The molecule has 0 radical (unpaired) electrons. The molecule has 5 rings (SSSR count). The maximum Gasteiger partial charge on any atom is 0.114 e. The first kappa shape index (κ1) is 18.8. The third-order valence-electron chi connectivity index (χ3n) is 5.63. The van der Waals surface area contributed by atoms with Gasteiger partial charge in [0.1, 0.15) is 5.82 Å². The van der Waals surface area contributed by atoms with Gasteiger partial charge >= 0.3 is 0 Å². The van der Waals surface area contributed by atoms with Crippen LogP contribution in [0.3, 0.4) is 0 Å². The molecule has 3 nitrogen and oxygen atoms in total. The van der Waals surface area contributed by atoms with E-state index in [2.05, 4.69) is 88.8 Å². The molecule has 3 aromatic heterocycles. The van der Waals surface area contributed by atoms with Crippen LogP contribution in [0.1, 0.15) is 28.1 Å². The van der Waals surface area contributed by atoms with Crippen LogP contribution in [-0.4, -0.2) is 14.5 Å². The van der Waals surface area contributed by atoms with Crippen molar-refractivity contribution in [3.8, 4) is 11.1 Å². The zero-order valence-electron chi connectivity index (χ0n) is 17.2. The number of benzene rings is 2. The standard InChI is InChI=1S/C26H23N3S/c1-18-3-4-19(2)23(13-18)16-29-25-15-21(22-9-12-30-17-22)5-6-24(25)28-26(29)14-20-7-10-27-11-8-20/h3-13,15,17H,14,16H2,1-2H3. The molecule has 3 heterocycles. The van der Waals surface area contributed by atoms with E-state index in [9.17, 15) is 0 Å². The van der Waals surface area contributed by atoms with Crippen LogP contribution >= 0.6 is 11.3 Å². The minimum Gasteiger partial charge on any atom is -0.323 e. The first-order valence-corrected chi connectivity index (χ1v) is 11.1. The predicted octanol–water partition coefficient (Wildman–Crippen LogP) is 6.42. The molecule has 0 bridgehead atoms. The highest BCUT2D eigenvalue weighted by Gasteiger charge is 2.14. The second kappa shape index (κ2) is 7.88. The molecule has 0 amide bonds. The number of aromatic nitrogens is 3. The zero-order chi connectivity index (χ0) is 20.5. The Morgan fingerprint density at radius 3 is 2.57 bits per heavy atom. The Hall–Kier alpha value is -3.24. The highest BCUT2D eigenvalue weighted by Crippen LogP contribution is 2.28. The average molecular weight is 410 g/mol. The van der Waals surface area contributed by atoms with E-state index in [0.29, 0.717) is 0 Å². The first-order chi connectivity index (χ1) is 14.7. The number of fused-ring (bicyclic) bond motifs is 1. The van der Waals surface area contributed by atoms with E-state index in [1.807, 2.05) is 12.4 Å². The normalized spacial score (nSPS) is 11.3. The van der Waals surface area contributed by atoms with E-state index >= 15 is 0 Å². The largest absolute Gasteiger partial charge is 0.323 e. The lowest BCUT2D eigenvalue weighted by Gasteiger charge is -2.13. The Bertz CT molecular complexity index is 1300. The molecule has 0 N–H and O–H groups in total. The maximum absolute atomic E-state index is 5.02. The molecular weight excluding hydrogens is 386 g/mol. The molecule has 4 heteroatoms. The molecule has 0 unspecified atom stereocenters. The third-order valence-corrected chi connectivity index (χ3v) is 6.31. The monoisotopic (exact) mass is 409 g/mol. The van der Waals surface area contributed by atoms with E-state index in [1.165, 1.54) is 38.9 Å². The van der Waals surface area contributed by atoms with E-state index in [4.69, 9.17) is 4.98 Å². The van der Waals surface area contributed by atoms with Gasteiger partial charge in [-0.1, -0.05) is 29.8 Å². The summed E-state index contributed by atoms with van der Waals surface area (Å²) in [6.45, 7) is 5.16. The molecule has 30 heavy (non-hydrogen) atoms. The summed E-state index contributed by atoms with van der Waals surface area (Å²) in [5, 5.41) is 4.33. The number of rotatable bonds is 5. The molecule has 0 saturated carbocycles. The molecule has 0 saturated heterocycles. The van der Waals surface area contributed by atoms with Gasteiger partial charge in [0.25, 0.3) is 0 Å². The van der Waals surface area contributed by atoms with Crippen LogP contribution in [-0.2, 0) is 13.0 Å². The summed E-state index contributed by atoms with van der Waals surface area (Å²) in [7, 11) is 0. The van der Waals surface area contributed by atoms with Crippen LogP contribution in [0.5, 0.6) is 0 Å². The van der Waals surface area contributed by atoms with Gasteiger partial charge in [0.2, 0.25) is 0 Å². The van der Waals surface area contributed by atoms with Gasteiger partial charge in [-0.3, -0.25) is 4.98 Å². The quantitative estimate of drug-likeness (QED) is 0.335. The fraction of sp³-hybridized carbons (Fsp3) is 0.154. The summed E-state index contributed by atoms with van der Waals surface area (Å²) in [5.41, 5.74) is 9.89. The van der Waals surface area contributed by atoms with Crippen molar-refractivity contribution in [1.29, 1.82) is 0 Å². The summed E-state index contributed by atoms with van der Waals surface area (Å²) >= 11 is 1.73. The third kappa shape index (κ3) is 3.66. The van der Waals surface area contributed by atoms with Crippen molar-refractivity contribution in [1.82, 2.24) is 14.5 Å². The number of aryl methyl sites for hydroxylation is 2. The Morgan fingerprint density at radius 1 is 0.900 bits per heavy atom. The lowest BCUT2D eigenvalue weighted by Crippen LogP contribution is -2.07. The van der Waals surface area contributed by atoms with Crippen LogP contribution in [0, 0.1) is 13.8 Å². The Labute approximate surface area is 180 Å². The number of hydrogen-bond donors (Lipinski definition) is 0. The highest BCUT2D eigenvalue weighted by atomic mass is 32.1. The van der Waals surface area contributed by atoms with Crippen LogP contribution in [0.15, 0.2) is 77.8 Å². The van der Waals surface area contributed by atoms with Gasteiger partial charge in [0.05, 0.1) is 11.0 Å². The molecule has 0 aliphatic rings. The van der Waals surface area contributed by atoms with Gasteiger partial charge in [-0.15, -0.1) is 0 Å². The topological polar surface area (TPSA) is 30.7 Å². The Balaban J connectivity index is 1.65. The van der Waals surface area contributed by atoms with Crippen molar-refractivity contribution in [3.63, 3.8) is 0 Å². The molecule has 2 aromatic carbocycles. The smallest absolute Gasteiger partial charge is 0.114 e. The number of nitrogens with zero attached hydrogens (tertiary/aromatic N) is 3. The van der Waals surface area contributed by atoms with Crippen molar-refractivity contribution >= 4 is 22.4 Å². The fourth-order valence-electron chi connectivity index (χ4n) is 3.92. The molecule has 148 valence electrons. The average Bonchev–Trinajstić information content (AvgIpc) is 3.40. The van der Waals surface area contributed by atoms with Crippen molar-refractivity contribution in [3.05, 3.63) is 106 Å². The molecule has 0 fully saturated rings. The molecule has 0 atom stereocenters. The van der Waals surface area contributed by atoms with Crippen molar-refractivity contribution in [2.24, 2.45) is 0 Å². The van der Waals surface area contributed by atoms with Crippen molar-refractivity contribution < 1.29 is 0 Å². The van der Waals surface area contributed by atoms with Crippen LogP contribution in [0.2, 0.25) is 0 Å². The fourth-order valence-corrected chi connectivity index (χ4v) is 4.58. The Morgan fingerprint density at radius 2 is 1.77 bits per heavy atom. The Kier molecular flexibility index (Phi) is 4.93. The summed E-state index contributed by atoms with van der Waals surface area (Å²) < 4.78 is 2.38. The number of pyridine rings is 1. The van der Waals surface area contributed by atoms with Crippen molar-refractivity contribution in [2.75, 3.05) is 0 Å². The van der Waals surface area contributed by atoms with Crippen LogP contribution in [0.25, 0.3) is 22.2 Å². The van der Waals surface area contributed by atoms with Crippen molar-refractivity contribution in [2.45, 2.75) is 26.8 Å². The molecule has 5 aromatic rings. The number of thiophene rings is 1. The van der Waals surface area contributed by atoms with E-state index in [-0.39, 0.29) is 0 Å². The van der Waals surface area contributed by atoms with Gasteiger partial charge in [0, 0.05) is 25.4 Å². The molecular formula is C26H23N3S. The lowest BCUT2D eigenvalue weighted by molar-refractivity contribution is 0.758.